The Morgan fingerprint density at radius 3 is 2.45 bits per heavy atom. The van der Waals surface area contributed by atoms with E-state index in [0.29, 0.717) is 11.3 Å². The maximum Gasteiger partial charge on any atom is 0.261 e. The first-order chi connectivity index (χ1) is 15.8. The summed E-state index contributed by atoms with van der Waals surface area (Å²) in [7, 11) is -3.80. The van der Waals surface area contributed by atoms with Crippen molar-refractivity contribution < 1.29 is 13.2 Å². The number of nitrogens with zero attached hydrogens (tertiary/aromatic N) is 1. The number of amides is 1. The molecule has 0 saturated carbocycles. The smallest absolute Gasteiger partial charge is 0.261 e. The summed E-state index contributed by atoms with van der Waals surface area (Å²) in [5, 5.41) is 3.07. The van der Waals surface area contributed by atoms with Crippen LogP contribution in [-0.4, -0.2) is 38.4 Å². The zero-order chi connectivity index (χ0) is 23.4. The van der Waals surface area contributed by atoms with Crippen molar-refractivity contribution in [3.8, 4) is 0 Å². The Morgan fingerprint density at radius 2 is 1.73 bits per heavy atom. The second kappa shape index (κ2) is 9.77. The summed E-state index contributed by atoms with van der Waals surface area (Å²) in [6, 6.07) is 23.9. The van der Waals surface area contributed by atoms with Gasteiger partial charge in [0.05, 0.1) is 4.90 Å². The average molecular weight is 464 g/mol. The van der Waals surface area contributed by atoms with Crippen molar-refractivity contribution in [2.75, 3.05) is 17.8 Å². The summed E-state index contributed by atoms with van der Waals surface area (Å²) in [6.45, 7) is 5.77. The maximum absolute atomic E-state index is 12.9. The van der Waals surface area contributed by atoms with Crippen LogP contribution in [-0.2, 0) is 10.0 Å². The largest absolute Gasteiger partial charge is 0.348 e. The monoisotopic (exact) mass is 463 g/mol. The number of sulfonamides is 1. The van der Waals surface area contributed by atoms with Crippen molar-refractivity contribution in [3.05, 3.63) is 95.6 Å². The Kier molecular flexibility index (Phi) is 6.81. The van der Waals surface area contributed by atoms with Crippen LogP contribution in [0.15, 0.2) is 83.8 Å². The molecule has 0 aliphatic carbocycles. The van der Waals surface area contributed by atoms with Gasteiger partial charge in [-0.3, -0.25) is 14.4 Å². The van der Waals surface area contributed by atoms with Crippen molar-refractivity contribution in [1.29, 1.82) is 0 Å². The summed E-state index contributed by atoms with van der Waals surface area (Å²) in [6.07, 6.45) is 0.857. The number of carbonyl (C=O) groups excluding carboxylic acids is 1. The molecule has 1 amide bonds. The summed E-state index contributed by atoms with van der Waals surface area (Å²) in [5.41, 5.74) is 3.11. The first kappa shape index (κ1) is 23.0. The number of rotatable bonds is 7. The summed E-state index contributed by atoms with van der Waals surface area (Å²) in [4.78, 5) is 15.3. The van der Waals surface area contributed by atoms with Crippen LogP contribution >= 0.6 is 0 Å². The molecule has 4 rings (SSSR count). The van der Waals surface area contributed by atoms with Crippen molar-refractivity contribution >= 4 is 21.6 Å². The van der Waals surface area contributed by atoms with E-state index in [1.54, 1.807) is 24.3 Å². The number of hydrogen-bond donors (Lipinski definition) is 2. The third-order valence-corrected chi connectivity index (χ3v) is 7.47. The van der Waals surface area contributed by atoms with E-state index >= 15 is 0 Å². The lowest BCUT2D eigenvalue weighted by Gasteiger charge is -2.24. The third kappa shape index (κ3) is 5.61. The van der Waals surface area contributed by atoms with Gasteiger partial charge in [-0.05, 0) is 56.2 Å². The highest BCUT2D eigenvalue weighted by Crippen LogP contribution is 2.25. The first-order valence-corrected chi connectivity index (χ1v) is 12.6. The van der Waals surface area contributed by atoms with Crippen LogP contribution in [0.2, 0.25) is 0 Å². The zero-order valence-corrected chi connectivity index (χ0v) is 19.7. The maximum atomic E-state index is 12.9. The molecule has 1 saturated heterocycles. The molecule has 1 heterocycles. The molecule has 7 heteroatoms. The number of likely N-dealkylation sites (tertiary alicyclic amines) is 1. The van der Waals surface area contributed by atoms with Crippen molar-refractivity contribution in [2.24, 2.45) is 0 Å². The molecule has 0 aromatic heterocycles. The van der Waals surface area contributed by atoms with Gasteiger partial charge in [-0.1, -0.05) is 54.1 Å². The minimum atomic E-state index is -3.80. The van der Waals surface area contributed by atoms with Crippen molar-refractivity contribution in [3.63, 3.8) is 0 Å². The quantitative estimate of drug-likeness (QED) is 0.546. The van der Waals surface area contributed by atoms with Gasteiger partial charge in [0.15, 0.2) is 0 Å². The number of aryl methyl sites for hydroxylation is 1. The minimum Gasteiger partial charge on any atom is -0.348 e. The van der Waals surface area contributed by atoms with E-state index in [4.69, 9.17) is 0 Å². The topological polar surface area (TPSA) is 78.5 Å². The van der Waals surface area contributed by atoms with Crippen LogP contribution in [0.25, 0.3) is 0 Å². The predicted octanol–water partition coefficient (Wildman–Crippen LogP) is 4.36. The van der Waals surface area contributed by atoms with Crippen LogP contribution < -0.4 is 10.0 Å². The van der Waals surface area contributed by atoms with Gasteiger partial charge < -0.3 is 5.32 Å². The molecule has 1 fully saturated rings. The fourth-order valence-electron chi connectivity index (χ4n) is 4.11. The minimum absolute atomic E-state index is 0.0228. The molecule has 0 radical (unpaired) electrons. The van der Waals surface area contributed by atoms with E-state index in [0.717, 1.165) is 25.1 Å². The molecule has 2 unspecified atom stereocenters. The molecule has 3 aromatic carbocycles. The average Bonchev–Trinajstić information content (AvgIpc) is 3.29. The van der Waals surface area contributed by atoms with E-state index in [-0.39, 0.29) is 22.9 Å². The number of nitrogens with one attached hydrogen (secondary N) is 2. The number of carbonyl (C=O) groups is 1. The molecule has 3 aromatic rings. The van der Waals surface area contributed by atoms with Gasteiger partial charge in [-0.15, -0.1) is 0 Å². The highest BCUT2D eigenvalue weighted by atomic mass is 32.2. The van der Waals surface area contributed by atoms with E-state index in [2.05, 4.69) is 34.0 Å². The van der Waals surface area contributed by atoms with Crippen molar-refractivity contribution in [1.82, 2.24) is 10.2 Å². The van der Waals surface area contributed by atoms with Gasteiger partial charge in [0.2, 0.25) is 0 Å². The Hall–Kier alpha value is -3.16. The van der Waals surface area contributed by atoms with Gasteiger partial charge >= 0.3 is 0 Å². The van der Waals surface area contributed by atoms with Crippen LogP contribution in [0, 0.1) is 6.92 Å². The summed E-state index contributed by atoms with van der Waals surface area (Å²) in [5.74, 6) is -0.262. The third-order valence-electron chi connectivity index (χ3n) is 6.09. The zero-order valence-electron chi connectivity index (χ0n) is 18.9. The van der Waals surface area contributed by atoms with Crippen LogP contribution in [0.1, 0.15) is 40.9 Å². The molecule has 6 nitrogen and oxygen atoms in total. The van der Waals surface area contributed by atoms with E-state index < -0.39 is 10.0 Å². The fraction of sp³-hybridized carbons (Fsp3) is 0.269. The molecule has 2 atom stereocenters. The number of benzene rings is 3. The van der Waals surface area contributed by atoms with Gasteiger partial charge in [0.25, 0.3) is 15.9 Å². The lowest BCUT2D eigenvalue weighted by molar-refractivity contribution is 0.0936. The highest BCUT2D eigenvalue weighted by molar-refractivity contribution is 7.92. The van der Waals surface area contributed by atoms with Crippen LogP contribution in [0.3, 0.4) is 0 Å². The normalized spacial score (nSPS) is 17.5. The van der Waals surface area contributed by atoms with Gasteiger partial charge in [-0.2, -0.15) is 0 Å². The molecule has 1 aliphatic heterocycles. The molecule has 1 aliphatic rings. The molecular weight excluding hydrogens is 434 g/mol. The second-order valence-corrected chi connectivity index (χ2v) is 10.2. The van der Waals surface area contributed by atoms with Crippen LogP contribution in [0.4, 0.5) is 5.69 Å². The Balaban J connectivity index is 1.40. The SMILES string of the molecule is Cc1ccc(NS(=O)(=O)c2cccc(C(=O)NC3CCN(C(C)c4ccccc4)C3)c2)cc1. The number of hydrogen-bond acceptors (Lipinski definition) is 4. The van der Waals surface area contributed by atoms with Crippen molar-refractivity contribution in [2.45, 2.75) is 37.2 Å². The van der Waals surface area contributed by atoms with E-state index in [1.807, 2.05) is 37.3 Å². The molecule has 0 spiro atoms. The predicted molar refractivity (Wildman–Crippen MR) is 131 cm³/mol. The number of anilines is 1. The van der Waals surface area contributed by atoms with Crippen LogP contribution in [0.5, 0.6) is 0 Å². The molecule has 172 valence electrons. The molecule has 2 N–H and O–H groups in total. The fourth-order valence-corrected chi connectivity index (χ4v) is 5.21. The highest BCUT2D eigenvalue weighted by Gasteiger charge is 2.28. The van der Waals surface area contributed by atoms with Gasteiger partial charge in [-0.25, -0.2) is 8.42 Å². The molecule has 33 heavy (non-hydrogen) atoms. The summed E-state index contributed by atoms with van der Waals surface area (Å²) >= 11 is 0. The van der Waals surface area contributed by atoms with E-state index in [1.165, 1.54) is 17.7 Å². The summed E-state index contributed by atoms with van der Waals surface area (Å²) < 4.78 is 28.2. The van der Waals surface area contributed by atoms with E-state index in [9.17, 15) is 13.2 Å². The lowest BCUT2D eigenvalue weighted by atomic mass is 10.1. The first-order valence-electron chi connectivity index (χ1n) is 11.1. The standard InChI is InChI=1S/C26H29N3O3S/c1-19-11-13-23(14-12-19)28-33(31,32)25-10-6-9-22(17-25)26(30)27-24-15-16-29(18-24)20(2)21-7-4-3-5-8-21/h3-14,17,20,24,28H,15-16,18H2,1-2H3,(H,27,30). The Bertz CT molecular complexity index is 1210. The Labute approximate surface area is 195 Å². The molecule has 0 bridgehead atoms. The Morgan fingerprint density at radius 1 is 1.00 bits per heavy atom. The second-order valence-electron chi connectivity index (χ2n) is 8.54. The van der Waals surface area contributed by atoms with Gasteiger partial charge in [0.1, 0.15) is 0 Å². The lowest BCUT2D eigenvalue weighted by Crippen LogP contribution is -2.37. The van der Waals surface area contributed by atoms with Gasteiger partial charge in [0, 0.05) is 36.4 Å². The molecular formula is C26H29N3O3S.